The lowest BCUT2D eigenvalue weighted by atomic mass is 9.91. The number of hydrogen-bond acceptors (Lipinski definition) is 3. The molecule has 1 saturated heterocycles. The van der Waals surface area contributed by atoms with Crippen LogP contribution in [0.1, 0.15) is 25.5 Å². The van der Waals surface area contributed by atoms with Crippen LogP contribution in [0, 0.1) is 0 Å². The second-order valence-corrected chi connectivity index (χ2v) is 5.32. The Labute approximate surface area is 119 Å². The van der Waals surface area contributed by atoms with E-state index in [1.54, 1.807) is 0 Å². The van der Waals surface area contributed by atoms with Crippen LogP contribution in [0.4, 0.5) is 17.6 Å². The van der Waals surface area contributed by atoms with E-state index in [9.17, 15) is 17.6 Å². The Balaban J connectivity index is 2.42. The van der Waals surface area contributed by atoms with Crippen LogP contribution in [0.15, 0.2) is 24.3 Å². The third-order valence-electron chi connectivity index (χ3n) is 3.34. The van der Waals surface area contributed by atoms with Gasteiger partial charge in [0.05, 0.1) is 13.7 Å². The minimum Gasteiger partial charge on any atom is -0.497 e. The first-order valence-corrected chi connectivity index (χ1v) is 6.30. The molecule has 1 aromatic carbocycles. The molecule has 0 aliphatic carbocycles. The van der Waals surface area contributed by atoms with Gasteiger partial charge in [0.1, 0.15) is 11.9 Å². The summed E-state index contributed by atoms with van der Waals surface area (Å²) in [6, 6.07) is 5.62. The molecule has 2 rings (SSSR count). The summed E-state index contributed by atoms with van der Waals surface area (Å²) in [4.78, 5) is 0. The zero-order valence-corrected chi connectivity index (χ0v) is 11.8. The van der Waals surface area contributed by atoms with E-state index in [2.05, 4.69) is 0 Å². The Morgan fingerprint density at radius 2 is 1.76 bits per heavy atom. The second kappa shape index (κ2) is 5.14. The van der Waals surface area contributed by atoms with Crippen molar-refractivity contribution < 1.29 is 31.8 Å². The average Bonchev–Trinajstić information content (AvgIpc) is 2.40. The Morgan fingerprint density at radius 1 is 1.19 bits per heavy atom. The summed E-state index contributed by atoms with van der Waals surface area (Å²) < 4.78 is 68.9. The van der Waals surface area contributed by atoms with Gasteiger partial charge in [0.2, 0.25) is 0 Å². The Kier molecular flexibility index (Phi) is 3.92. The number of alkyl halides is 4. The summed E-state index contributed by atoms with van der Waals surface area (Å²) in [5, 5.41) is 0. The third-order valence-corrected chi connectivity index (χ3v) is 3.34. The zero-order chi connectivity index (χ0) is 15.9. The molecular formula is C14H16F4O3. The fourth-order valence-corrected chi connectivity index (χ4v) is 2.11. The molecule has 0 radical (unpaired) electrons. The molecule has 0 spiro atoms. The molecule has 7 heteroatoms. The number of ether oxygens (including phenoxy) is 3. The number of benzene rings is 1. The topological polar surface area (TPSA) is 27.7 Å². The van der Waals surface area contributed by atoms with Gasteiger partial charge in [0.25, 0.3) is 5.67 Å². The molecule has 21 heavy (non-hydrogen) atoms. The van der Waals surface area contributed by atoms with Crippen LogP contribution in [-0.2, 0) is 9.47 Å². The highest BCUT2D eigenvalue weighted by Crippen LogP contribution is 2.50. The number of rotatable bonds is 2. The van der Waals surface area contributed by atoms with E-state index in [4.69, 9.17) is 14.2 Å². The lowest BCUT2D eigenvalue weighted by Gasteiger charge is -2.45. The van der Waals surface area contributed by atoms with E-state index in [0.717, 1.165) is 0 Å². The van der Waals surface area contributed by atoms with Crippen LogP contribution >= 0.6 is 0 Å². The van der Waals surface area contributed by atoms with Crippen LogP contribution in [0.5, 0.6) is 5.75 Å². The number of halogens is 4. The lowest BCUT2D eigenvalue weighted by Crippen LogP contribution is -2.58. The van der Waals surface area contributed by atoms with Gasteiger partial charge in [-0.3, -0.25) is 0 Å². The van der Waals surface area contributed by atoms with E-state index >= 15 is 0 Å². The molecule has 2 atom stereocenters. The van der Waals surface area contributed by atoms with Crippen molar-refractivity contribution in [1.82, 2.24) is 0 Å². The molecule has 1 aliphatic rings. The summed E-state index contributed by atoms with van der Waals surface area (Å²) in [7, 11) is 1.43. The molecule has 0 amide bonds. The Bertz CT molecular complexity index is 498. The summed E-state index contributed by atoms with van der Waals surface area (Å²) in [6.45, 7) is 1.78. The maximum atomic E-state index is 14.5. The second-order valence-electron chi connectivity index (χ2n) is 5.32. The van der Waals surface area contributed by atoms with Gasteiger partial charge in [-0.05, 0) is 31.5 Å². The molecule has 1 aromatic rings. The highest BCUT2D eigenvalue weighted by molar-refractivity contribution is 5.30. The molecule has 0 bridgehead atoms. The first-order valence-electron chi connectivity index (χ1n) is 6.30. The standard InChI is InChI=1S/C14H16F4O3/c1-12(2)20-8-13(15,14(16,17)18)11(21-12)9-4-6-10(19-3)7-5-9/h4-7,11H,8H2,1-3H3/t11-,13+/m1/s1. The molecule has 1 fully saturated rings. The molecule has 0 saturated carbocycles. The monoisotopic (exact) mass is 308 g/mol. The predicted molar refractivity (Wildman–Crippen MR) is 66.7 cm³/mol. The quantitative estimate of drug-likeness (QED) is 0.778. The van der Waals surface area contributed by atoms with Crippen molar-refractivity contribution >= 4 is 0 Å². The molecule has 3 nitrogen and oxygen atoms in total. The van der Waals surface area contributed by atoms with Gasteiger partial charge in [-0.15, -0.1) is 0 Å². The SMILES string of the molecule is COc1ccc([C@H]2OC(C)(C)OC[C@@]2(F)C(F)(F)F)cc1. The van der Waals surface area contributed by atoms with Crippen molar-refractivity contribution in [1.29, 1.82) is 0 Å². The molecule has 118 valence electrons. The van der Waals surface area contributed by atoms with Gasteiger partial charge in [-0.25, -0.2) is 4.39 Å². The van der Waals surface area contributed by atoms with E-state index in [1.165, 1.54) is 45.2 Å². The lowest BCUT2D eigenvalue weighted by molar-refractivity contribution is -0.378. The molecule has 0 N–H and O–H groups in total. The molecule has 0 unspecified atom stereocenters. The van der Waals surface area contributed by atoms with E-state index in [-0.39, 0.29) is 5.56 Å². The van der Waals surface area contributed by atoms with E-state index < -0.39 is 30.3 Å². The normalized spacial score (nSPS) is 29.2. The van der Waals surface area contributed by atoms with Gasteiger partial charge in [0, 0.05) is 0 Å². The van der Waals surface area contributed by atoms with Gasteiger partial charge >= 0.3 is 6.18 Å². The largest absolute Gasteiger partial charge is 0.497 e. The van der Waals surface area contributed by atoms with Gasteiger partial charge < -0.3 is 14.2 Å². The Hall–Kier alpha value is -1.34. The highest BCUT2D eigenvalue weighted by Gasteiger charge is 2.65. The van der Waals surface area contributed by atoms with Crippen LogP contribution in [0.3, 0.4) is 0 Å². The molecular weight excluding hydrogens is 292 g/mol. The molecule has 0 aromatic heterocycles. The van der Waals surface area contributed by atoms with Gasteiger partial charge in [-0.2, -0.15) is 13.2 Å². The smallest absolute Gasteiger partial charge is 0.427 e. The minimum absolute atomic E-state index is 0.0759. The van der Waals surface area contributed by atoms with Crippen LogP contribution in [0.2, 0.25) is 0 Å². The van der Waals surface area contributed by atoms with Crippen molar-refractivity contribution in [3.05, 3.63) is 29.8 Å². The van der Waals surface area contributed by atoms with Crippen molar-refractivity contribution in [2.75, 3.05) is 13.7 Å². The van der Waals surface area contributed by atoms with E-state index in [1.807, 2.05) is 0 Å². The Morgan fingerprint density at radius 3 is 2.24 bits per heavy atom. The fourth-order valence-electron chi connectivity index (χ4n) is 2.11. The van der Waals surface area contributed by atoms with E-state index in [0.29, 0.717) is 5.75 Å². The molecule has 1 heterocycles. The maximum Gasteiger partial charge on any atom is 0.427 e. The first-order chi connectivity index (χ1) is 9.59. The summed E-state index contributed by atoms with van der Waals surface area (Å²) >= 11 is 0. The van der Waals surface area contributed by atoms with Gasteiger partial charge in [0.15, 0.2) is 5.79 Å². The van der Waals surface area contributed by atoms with Crippen molar-refractivity contribution in [3.8, 4) is 5.75 Å². The summed E-state index contributed by atoms with van der Waals surface area (Å²) in [5.41, 5.74) is -3.52. The predicted octanol–water partition coefficient (Wildman–Crippen LogP) is 3.79. The summed E-state index contributed by atoms with van der Waals surface area (Å²) in [5.74, 6) is -0.840. The minimum atomic E-state index is -5.10. The average molecular weight is 308 g/mol. The highest BCUT2D eigenvalue weighted by atomic mass is 19.4. The molecule has 1 aliphatic heterocycles. The van der Waals surface area contributed by atoms with Crippen LogP contribution in [0.25, 0.3) is 0 Å². The van der Waals surface area contributed by atoms with Crippen molar-refractivity contribution in [2.24, 2.45) is 0 Å². The van der Waals surface area contributed by atoms with Crippen LogP contribution in [-0.4, -0.2) is 31.3 Å². The number of hydrogen-bond donors (Lipinski definition) is 0. The zero-order valence-electron chi connectivity index (χ0n) is 11.8. The summed E-state index contributed by atoms with van der Waals surface area (Å²) in [6.07, 6.45) is -6.90. The third kappa shape index (κ3) is 2.98. The maximum absolute atomic E-state index is 14.5. The number of methoxy groups -OCH3 is 1. The van der Waals surface area contributed by atoms with Crippen molar-refractivity contribution in [3.63, 3.8) is 0 Å². The van der Waals surface area contributed by atoms with Gasteiger partial charge in [-0.1, -0.05) is 12.1 Å². The van der Waals surface area contributed by atoms with Crippen molar-refractivity contribution in [2.45, 2.75) is 37.6 Å². The first kappa shape index (κ1) is 16.0. The van der Waals surface area contributed by atoms with Crippen LogP contribution < -0.4 is 4.74 Å². The fraction of sp³-hybridized carbons (Fsp3) is 0.571.